The van der Waals surface area contributed by atoms with Crippen LogP contribution in [0.2, 0.25) is 5.02 Å². The molecule has 1 fully saturated rings. The van der Waals surface area contributed by atoms with Crippen LogP contribution in [0, 0.1) is 6.92 Å². The average molecular weight is 478 g/mol. The number of likely N-dealkylation sites (tertiary alicyclic amines) is 1. The van der Waals surface area contributed by atoms with Crippen LogP contribution in [0.15, 0.2) is 36.8 Å². The Bertz CT molecular complexity index is 1360. The summed E-state index contributed by atoms with van der Waals surface area (Å²) < 4.78 is 2.00. The number of hydrogen-bond donors (Lipinski definition) is 2. The molecule has 0 bridgehead atoms. The number of imidazole rings is 1. The Kier molecular flexibility index (Phi) is 6.13. The summed E-state index contributed by atoms with van der Waals surface area (Å²) in [5.74, 6) is 0.956. The molecule has 4 aromatic rings. The molecule has 1 saturated heterocycles. The summed E-state index contributed by atoms with van der Waals surface area (Å²) in [5.41, 5.74) is 7.94. The second-order valence-corrected chi connectivity index (χ2v) is 10.1. The summed E-state index contributed by atoms with van der Waals surface area (Å²) in [6, 6.07) is 6.88. The van der Waals surface area contributed by atoms with Gasteiger partial charge in [0.1, 0.15) is 0 Å². The number of aromatic amines is 1. The molecule has 4 heterocycles. The van der Waals surface area contributed by atoms with Crippen LogP contribution >= 0.6 is 11.6 Å². The zero-order chi connectivity index (χ0) is 24.0. The lowest BCUT2D eigenvalue weighted by Crippen LogP contribution is -2.40. The van der Waals surface area contributed by atoms with E-state index < -0.39 is 0 Å². The van der Waals surface area contributed by atoms with Crippen molar-refractivity contribution in [2.75, 3.05) is 26.7 Å². The molecule has 0 atom stereocenters. The topological polar surface area (TPSA) is 65.4 Å². The van der Waals surface area contributed by atoms with Gasteiger partial charge in [-0.25, -0.2) is 4.98 Å². The second-order valence-electron chi connectivity index (χ2n) is 9.74. The van der Waals surface area contributed by atoms with Crippen LogP contribution in [0.1, 0.15) is 55.2 Å². The minimum Gasteiger partial charge on any atom is -0.358 e. The molecular formula is C27H32ClN5O. The third kappa shape index (κ3) is 3.99. The van der Waals surface area contributed by atoms with Crippen LogP contribution in [-0.2, 0) is 4.79 Å². The highest BCUT2D eigenvalue weighted by Gasteiger charge is 2.24. The lowest BCUT2D eigenvalue weighted by atomic mass is 9.87. The number of aromatic nitrogens is 3. The number of halogens is 1. The van der Waals surface area contributed by atoms with Gasteiger partial charge in [0.25, 0.3) is 0 Å². The van der Waals surface area contributed by atoms with E-state index in [0.29, 0.717) is 23.4 Å². The maximum absolute atomic E-state index is 11.7. The fraction of sp³-hybridized carbons (Fsp3) is 0.407. The molecular weight excluding hydrogens is 446 g/mol. The molecule has 7 heteroatoms. The SMILES string of the molecule is CNC(=O)CN1CCC(c2ccc3[nH]c(-c4cn5ccnc5c(Cl)c4C)c(C(C)C)c3c2)CC1. The van der Waals surface area contributed by atoms with Gasteiger partial charge in [-0.3, -0.25) is 9.69 Å². The minimum absolute atomic E-state index is 0.0885. The number of pyridine rings is 1. The number of carbonyl (C=O) groups is 1. The van der Waals surface area contributed by atoms with E-state index in [1.807, 2.05) is 10.6 Å². The Morgan fingerprint density at radius 2 is 2.06 bits per heavy atom. The number of piperidine rings is 1. The van der Waals surface area contributed by atoms with Crippen molar-refractivity contribution in [2.45, 2.75) is 45.4 Å². The molecule has 6 nitrogen and oxygen atoms in total. The Morgan fingerprint density at radius 3 is 2.76 bits per heavy atom. The number of amides is 1. The molecule has 178 valence electrons. The average Bonchev–Trinajstić information content (AvgIpc) is 3.46. The van der Waals surface area contributed by atoms with Gasteiger partial charge in [0.05, 0.1) is 17.3 Å². The van der Waals surface area contributed by atoms with E-state index in [0.717, 1.165) is 53.9 Å². The Labute approximate surface area is 205 Å². The van der Waals surface area contributed by atoms with E-state index in [1.54, 1.807) is 13.2 Å². The molecule has 2 N–H and O–H groups in total. The molecule has 1 amide bonds. The van der Waals surface area contributed by atoms with Crippen molar-refractivity contribution >= 4 is 34.1 Å². The Hall–Kier alpha value is -2.83. The summed E-state index contributed by atoms with van der Waals surface area (Å²) in [6.07, 6.45) is 8.00. The monoisotopic (exact) mass is 477 g/mol. The predicted molar refractivity (Wildman–Crippen MR) is 139 cm³/mol. The first-order valence-corrected chi connectivity index (χ1v) is 12.5. The normalized spacial score (nSPS) is 15.6. The first-order valence-electron chi connectivity index (χ1n) is 12.1. The highest BCUT2D eigenvalue weighted by Crippen LogP contribution is 2.40. The van der Waals surface area contributed by atoms with Crippen molar-refractivity contribution in [3.8, 4) is 11.3 Å². The van der Waals surface area contributed by atoms with Crippen molar-refractivity contribution in [2.24, 2.45) is 0 Å². The number of nitrogens with zero attached hydrogens (tertiary/aromatic N) is 3. The fourth-order valence-corrected chi connectivity index (χ4v) is 5.61. The van der Waals surface area contributed by atoms with Gasteiger partial charge in [-0.15, -0.1) is 0 Å². The van der Waals surface area contributed by atoms with Crippen molar-refractivity contribution in [3.05, 3.63) is 58.5 Å². The smallest absolute Gasteiger partial charge is 0.233 e. The molecule has 0 unspecified atom stereocenters. The van der Waals surface area contributed by atoms with Gasteiger partial charge in [0.15, 0.2) is 5.65 Å². The third-order valence-corrected chi connectivity index (χ3v) is 7.73. The number of rotatable bonds is 5. The largest absolute Gasteiger partial charge is 0.358 e. The number of nitrogens with one attached hydrogen (secondary N) is 2. The van der Waals surface area contributed by atoms with Crippen LogP contribution in [0.25, 0.3) is 27.8 Å². The number of hydrogen-bond acceptors (Lipinski definition) is 3. The predicted octanol–water partition coefficient (Wildman–Crippen LogP) is 5.49. The van der Waals surface area contributed by atoms with Gasteiger partial charge in [-0.05, 0) is 73.5 Å². The fourth-order valence-electron chi connectivity index (χ4n) is 5.36. The third-order valence-electron chi connectivity index (χ3n) is 7.28. The van der Waals surface area contributed by atoms with Gasteiger partial charge in [0.2, 0.25) is 5.91 Å². The van der Waals surface area contributed by atoms with Crippen LogP contribution in [0.5, 0.6) is 0 Å². The summed E-state index contributed by atoms with van der Waals surface area (Å²) in [7, 11) is 1.70. The number of H-pyrrole nitrogens is 1. The summed E-state index contributed by atoms with van der Waals surface area (Å²) in [4.78, 5) is 22.1. The molecule has 1 aromatic carbocycles. The molecule has 34 heavy (non-hydrogen) atoms. The van der Waals surface area contributed by atoms with Crippen molar-refractivity contribution in [3.63, 3.8) is 0 Å². The first-order chi connectivity index (χ1) is 16.4. The van der Waals surface area contributed by atoms with Gasteiger partial charge < -0.3 is 14.7 Å². The number of likely N-dealkylation sites (N-methyl/N-ethyl adjacent to an activating group) is 1. The number of fused-ring (bicyclic) bond motifs is 2. The summed E-state index contributed by atoms with van der Waals surface area (Å²) >= 11 is 6.71. The molecule has 1 aliphatic rings. The van der Waals surface area contributed by atoms with Crippen LogP contribution in [0.4, 0.5) is 0 Å². The molecule has 3 aromatic heterocycles. The maximum Gasteiger partial charge on any atom is 0.233 e. The number of carbonyl (C=O) groups excluding carboxylic acids is 1. The minimum atomic E-state index is 0.0885. The maximum atomic E-state index is 11.7. The van der Waals surface area contributed by atoms with E-state index >= 15 is 0 Å². The van der Waals surface area contributed by atoms with E-state index in [9.17, 15) is 4.79 Å². The van der Waals surface area contributed by atoms with Crippen LogP contribution in [-0.4, -0.2) is 51.9 Å². The highest BCUT2D eigenvalue weighted by atomic mass is 35.5. The number of benzene rings is 1. The Morgan fingerprint density at radius 1 is 1.29 bits per heavy atom. The van der Waals surface area contributed by atoms with E-state index in [2.05, 4.69) is 65.4 Å². The van der Waals surface area contributed by atoms with Gasteiger partial charge in [0, 0.05) is 42.1 Å². The first kappa shape index (κ1) is 22.9. The quantitative estimate of drug-likeness (QED) is 0.399. The second kappa shape index (κ2) is 9.08. The molecule has 5 rings (SSSR count). The van der Waals surface area contributed by atoms with Crippen molar-refractivity contribution in [1.82, 2.24) is 24.6 Å². The molecule has 1 aliphatic heterocycles. The van der Waals surface area contributed by atoms with Crippen LogP contribution < -0.4 is 5.32 Å². The van der Waals surface area contributed by atoms with Gasteiger partial charge in [-0.1, -0.05) is 31.5 Å². The molecule has 0 spiro atoms. The highest BCUT2D eigenvalue weighted by molar-refractivity contribution is 6.34. The summed E-state index contributed by atoms with van der Waals surface area (Å²) in [6.45, 7) is 8.97. The standard InChI is InChI=1S/C27H32ClN5O/c1-16(2)24-20-13-19(18-7-10-32(11-8-18)15-23(34)29-4)5-6-22(20)31-26(24)21-14-33-12-9-30-27(33)25(28)17(21)3/h5-6,9,12-14,16,18,31H,7-8,10-11,15H2,1-4H3,(H,29,34). The lowest BCUT2D eigenvalue weighted by Gasteiger charge is -2.31. The summed E-state index contributed by atoms with van der Waals surface area (Å²) in [5, 5.41) is 4.71. The van der Waals surface area contributed by atoms with E-state index in [-0.39, 0.29) is 5.91 Å². The molecule has 0 saturated carbocycles. The van der Waals surface area contributed by atoms with Crippen molar-refractivity contribution < 1.29 is 4.79 Å². The van der Waals surface area contributed by atoms with E-state index in [1.165, 1.54) is 16.5 Å². The zero-order valence-electron chi connectivity index (χ0n) is 20.3. The van der Waals surface area contributed by atoms with Gasteiger partial charge in [-0.2, -0.15) is 0 Å². The van der Waals surface area contributed by atoms with E-state index in [4.69, 9.17) is 11.6 Å². The zero-order valence-corrected chi connectivity index (χ0v) is 21.0. The van der Waals surface area contributed by atoms with Crippen molar-refractivity contribution in [1.29, 1.82) is 0 Å². The molecule has 0 aliphatic carbocycles. The lowest BCUT2D eigenvalue weighted by molar-refractivity contribution is -0.122. The molecule has 0 radical (unpaired) electrons. The van der Waals surface area contributed by atoms with Crippen LogP contribution in [0.3, 0.4) is 0 Å². The Balaban J connectivity index is 1.52. The van der Waals surface area contributed by atoms with Gasteiger partial charge >= 0.3 is 0 Å².